The molecule has 0 aromatic rings. The first kappa shape index (κ1) is 31.7. The van der Waals surface area contributed by atoms with Crippen molar-refractivity contribution in [1.82, 2.24) is 0 Å². The van der Waals surface area contributed by atoms with E-state index in [0.717, 1.165) is 19.5 Å². The zero-order valence-electron chi connectivity index (χ0n) is 4.76. The second-order valence-electron chi connectivity index (χ2n) is 0.931. The summed E-state index contributed by atoms with van der Waals surface area (Å²) in [5.74, 6) is 0. The van der Waals surface area contributed by atoms with Crippen LogP contribution in [0.2, 0.25) is 0 Å². The molecule has 0 bridgehead atoms. The van der Waals surface area contributed by atoms with Gasteiger partial charge in [0.25, 0.3) is 0 Å². The first-order chi connectivity index (χ1) is 2.41. The molecule has 0 aromatic carbocycles. The number of rotatable bonds is 2. The van der Waals surface area contributed by atoms with E-state index in [4.69, 9.17) is 11.5 Å². The summed E-state index contributed by atoms with van der Waals surface area (Å²) in [6.07, 6.45) is 0.944. The summed E-state index contributed by atoms with van der Waals surface area (Å²) in [6, 6.07) is 0. The average molecular weight is 236 g/mol. The third kappa shape index (κ3) is 45.4. The molecule has 0 fully saturated rings. The van der Waals surface area contributed by atoms with Gasteiger partial charge in [0.1, 0.15) is 0 Å². The van der Waals surface area contributed by atoms with Crippen LogP contribution < -0.4 is 48.7 Å². The van der Waals surface area contributed by atoms with Gasteiger partial charge in [0, 0.05) is 0 Å². The van der Waals surface area contributed by atoms with Gasteiger partial charge in [0.2, 0.25) is 0 Å². The number of nitrogens with two attached hydrogens (primary N) is 2. The van der Waals surface area contributed by atoms with E-state index in [-0.39, 0.29) is 54.3 Å². The summed E-state index contributed by atoms with van der Waals surface area (Å²) >= 11 is 0. The molecule has 0 heterocycles. The van der Waals surface area contributed by atoms with Crippen LogP contribution in [0, 0.1) is 0 Å². The van der Waals surface area contributed by atoms with Crippen molar-refractivity contribution in [3.63, 3.8) is 0 Å². The summed E-state index contributed by atoms with van der Waals surface area (Å²) in [4.78, 5) is 0. The summed E-state index contributed by atoms with van der Waals surface area (Å²) in [7, 11) is 0. The second kappa shape index (κ2) is 34.6. The van der Waals surface area contributed by atoms with Crippen molar-refractivity contribution in [2.24, 2.45) is 11.5 Å². The Morgan fingerprint density at radius 1 is 0.778 bits per heavy atom. The van der Waals surface area contributed by atoms with Crippen molar-refractivity contribution >= 4 is 0 Å². The van der Waals surface area contributed by atoms with Gasteiger partial charge >= 0.3 is 17.1 Å². The zero-order valence-corrected chi connectivity index (χ0v) is 8.14. The third-order valence-corrected chi connectivity index (χ3v) is 0.408. The monoisotopic (exact) mass is 235 g/mol. The number of halogens is 3. The predicted molar refractivity (Wildman–Crippen MR) is 22.7 cm³/mol. The van der Waals surface area contributed by atoms with Crippen LogP contribution in [0.5, 0.6) is 0 Å². The molecule has 0 atom stereocenters. The van der Waals surface area contributed by atoms with Crippen LogP contribution in [0.3, 0.4) is 0 Å². The van der Waals surface area contributed by atoms with Crippen LogP contribution >= 0.6 is 0 Å². The molecule has 0 spiro atoms. The SMILES string of the molecule is NCCCN.[Cl-].[Cl-].[Cl-].[Fe+3]. The quantitative estimate of drug-likeness (QED) is 0.468. The fourth-order valence-electron chi connectivity index (χ4n) is 0.118. The Morgan fingerprint density at radius 3 is 1.00 bits per heavy atom. The molecule has 0 saturated heterocycles. The summed E-state index contributed by atoms with van der Waals surface area (Å²) in [6.45, 7) is 1.44. The fourth-order valence-corrected chi connectivity index (χ4v) is 0.118. The van der Waals surface area contributed by atoms with Crippen molar-refractivity contribution < 1.29 is 54.3 Å². The molecular formula is C3H10Cl3FeN2. The Balaban J connectivity index is -0.0000000133. The molecule has 2 nitrogen and oxygen atoms in total. The van der Waals surface area contributed by atoms with Gasteiger partial charge < -0.3 is 48.7 Å². The van der Waals surface area contributed by atoms with Crippen LogP contribution in [0.15, 0.2) is 0 Å². The Bertz CT molecular complexity index is 24.5. The van der Waals surface area contributed by atoms with Gasteiger partial charge in [-0.25, -0.2) is 0 Å². The van der Waals surface area contributed by atoms with Gasteiger partial charge in [0.05, 0.1) is 0 Å². The van der Waals surface area contributed by atoms with E-state index >= 15 is 0 Å². The molecule has 9 heavy (non-hydrogen) atoms. The van der Waals surface area contributed by atoms with Gasteiger partial charge in [0.15, 0.2) is 0 Å². The minimum atomic E-state index is 0. The molecule has 0 saturated carbocycles. The van der Waals surface area contributed by atoms with Crippen LogP contribution in [-0.2, 0) is 17.1 Å². The zero-order chi connectivity index (χ0) is 4.12. The minimum Gasteiger partial charge on any atom is -1.00 e. The average Bonchev–Trinajstić information content (AvgIpc) is 1.41. The molecule has 0 aliphatic heterocycles. The first-order valence-electron chi connectivity index (χ1n) is 1.82. The maximum absolute atomic E-state index is 5.06. The van der Waals surface area contributed by atoms with E-state index in [1.54, 1.807) is 0 Å². The Kier molecular flexibility index (Phi) is 122. The van der Waals surface area contributed by atoms with E-state index < -0.39 is 0 Å². The van der Waals surface area contributed by atoms with Crippen molar-refractivity contribution in [2.75, 3.05) is 13.1 Å². The van der Waals surface area contributed by atoms with Gasteiger partial charge in [-0.2, -0.15) is 0 Å². The molecule has 61 valence electrons. The predicted octanol–water partition coefficient (Wildman–Crippen LogP) is -9.70. The van der Waals surface area contributed by atoms with E-state index in [0.29, 0.717) is 0 Å². The van der Waals surface area contributed by atoms with Gasteiger partial charge in [-0.05, 0) is 19.5 Å². The first-order valence-corrected chi connectivity index (χ1v) is 1.82. The second-order valence-corrected chi connectivity index (χ2v) is 0.931. The van der Waals surface area contributed by atoms with Crippen LogP contribution in [0.1, 0.15) is 6.42 Å². The molecule has 0 rings (SSSR count). The summed E-state index contributed by atoms with van der Waals surface area (Å²) in [5.41, 5.74) is 10.1. The van der Waals surface area contributed by atoms with Crippen molar-refractivity contribution in [3.05, 3.63) is 0 Å². The van der Waals surface area contributed by atoms with E-state index in [9.17, 15) is 0 Å². The van der Waals surface area contributed by atoms with Crippen LogP contribution in [0.25, 0.3) is 0 Å². The molecule has 1 radical (unpaired) electrons. The van der Waals surface area contributed by atoms with Gasteiger partial charge in [-0.3, -0.25) is 0 Å². The summed E-state index contributed by atoms with van der Waals surface area (Å²) < 4.78 is 0. The maximum Gasteiger partial charge on any atom is 3.00 e. The van der Waals surface area contributed by atoms with Crippen LogP contribution in [-0.4, -0.2) is 13.1 Å². The third-order valence-electron chi connectivity index (χ3n) is 0.408. The van der Waals surface area contributed by atoms with Gasteiger partial charge in [-0.15, -0.1) is 0 Å². The van der Waals surface area contributed by atoms with Crippen molar-refractivity contribution in [3.8, 4) is 0 Å². The molecule has 0 aromatic heterocycles. The number of hydrogen-bond acceptors (Lipinski definition) is 2. The van der Waals surface area contributed by atoms with Crippen LogP contribution in [0.4, 0.5) is 0 Å². The molecule has 6 heteroatoms. The topological polar surface area (TPSA) is 52.0 Å². The maximum atomic E-state index is 5.06. The largest absolute Gasteiger partial charge is 3.00 e. The standard InChI is InChI=1S/C3H10N2.3ClH.Fe/c4-2-1-3-5;;;;/h1-5H2;3*1H;/q;;;;+3/p-3. The molecule has 0 unspecified atom stereocenters. The van der Waals surface area contributed by atoms with E-state index in [1.165, 1.54) is 0 Å². The minimum absolute atomic E-state index is 0. The van der Waals surface area contributed by atoms with E-state index in [2.05, 4.69) is 0 Å². The van der Waals surface area contributed by atoms with E-state index in [1.807, 2.05) is 0 Å². The number of hydrogen-bond donors (Lipinski definition) is 2. The van der Waals surface area contributed by atoms with Crippen molar-refractivity contribution in [1.29, 1.82) is 0 Å². The molecule has 0 amide bonds. The normalized spacial score (nSPS) is 4.67. The Hall–Kier alpha value is 1.31. The molecule has 0 aliphatic carbocycles. The summed E-state index contributed by atoms with van der Waals surface area (Å²) in [5, 5.41) is 0. The Morgan fingerprint density at radius 2 is 1.00 bits per heavy atom. The molecule has 4 N–H and O–H groups in total. The smallest absolute Gasteiger partial charge is 1.00 e. The van der Waals surface area contributed by atoms with Gasteiger partial charge in [-0.1, -0.05) is 0 Å². The molecule has 0 aliphatic rings. The van der Waals surface area contributed by atoms with Crippen molar-refractivity contribution in [2.45, 2.75) is 6.42 Å². The fraction of sp³-hybridized carbons (Fsp3) is 1.00. The molecular weight excluding hydrogens is 226 g/mol. The Labute approximate surface area is 85.2 Å².